The Hall–Kier alpha value is -2.20. The number of aromatic amines is 1. The molecule has 102 valence electrons. The molecule has 0 unspecified atom stereocenters. The summed E-state index contributed by atoms with van der Waals surface area (Å²) in [4.78, 5) is 18.4. The molecule has 0 radical (unpaired) electrons. The summed E-state index contributed by atoms with van der Waals surface area (Å²) in [5, 5.41) is 9.39. The van der Waals surface area contributed by atoms with Gasteiger partial charge in [-0.25, -0.2) is 13.8 Å². The highest BCUT2D eigenvalue weighted by molar-refractivity contribution is 7.98. The SMILES string of the molecule is CSc1nc(-c2ccc(C(F)F)cc2)c(C#N)c(=O)[nH]1. The quantitative estimate of drug-likeness (QED) is 0.697. The van der Waals surface area contributed by atoms with Gasteiger partial charge in [0.2, 0.25) is 0 Å². The number of alkyl halides is 2. The summed E-state index contributed by atoms with van der Waals surface area (Å²) in [6, 6.07) is 7.14. The first kappa shape index (κ1) is 14.2. The minimum Gasteiger partial charge on any atom is -0.300 e. The number of nitrogens with zero attached hydrogens (tertiary/aromatic N) is 2. The van der Waals surface area contributed by atoms with Gasteiger partial charge in [-0.15, -0.1) is 0 Å². The lowest BCUT2D eigenvalue weighted by atomic mass is 10.1. The smallest absolute Gasteiger partial charge is 0.270 e. The highest BCUT2D eigenvalue weighted by Crippen LogP contribution is 2.25. The van der Waals surface area contributed by atoms with E-state index in [0.29, 0.717) is 10.7 Å². The Morgan fingerprint density at radius 3 is 2.50 bits per heavy atom. The summed E-state index contributed by atoms with van der Waals surface area (Å²) < 4.78 is 25.0. The molecule has 1 N–H and O–H groups in total. The minimum absolute atomic E-state index is 0.123. The Bertz CT molecular complexity index is 720. The number of nitrogens with one attached hydrogen (secondary N) is 1. The molecule has 0 bridgehead atoms. The van der Waals surface area contributed by atoms with E-state index in [4.69, 9.17) is 5.26 Å². The van der Waals surface area contributed by atoms with E-state index in [-0.39, 0.29) is 16.8 Å². The van der Waals surface area contributed by atoms with Crippen LogP contribution >= 0.6 is 11.8 Å². The molecule has 4 nitrogen and oxygen atoms in total. The van der Waals surface area contributed by atoms with Gasteiger partial charge >= 0.3 is 0 Å². The fraction of sp³-hybridized carbons (Fsp3) is 0.154. The number of rotatable bonds is 3. The van der Waals surface area contributed by atoms with Gasteiger partial charge in [0.1, 0.15) is 11.6 Å². The fourth-order valence-corrected chi connectivity index (χ4v) is 2.03. The molecule has 0 aliphatic rings. The molecule has 0 saturated heterocycles. The molecule has 0 spiro atoms. The summed E-state index contributed by atoms with van der Waals surface area (Å²) >= 11 is 1.22. The topological polar surface area (TPSA) is 69.5 Å². The zero-order valence-corrected chi connectivity index (χ0v) is 11.2. The largest absolute Gasteiger partial charge is 0.300 e. The zero-order valence-electron chi connectivity index (χ0n) is 10.4. The van der Waals surface area contributed by atoms with Gasteiger partial charge in [-0.3, -0.25) is 4.79 Å². The van der Waals surface area contributed by atoms with E-state index in [9.17, 15) is 13.6 Å². The maximum absolute atomic E-state index is 12.5. The molecule has 2 rings (SSSR count). The first-order valence-corrected chi connectivity index (χ1v) is 6.76. The van der Waals surface area contributed by atoms with Crippen LogP contribution in [0.15, 0.2) is 34.2 Å². The number of aromatic nitrogens is 2. The van der Waals surface area contributed by atoms with Crippen molar-refractivity contribution in [2.75, 3.05) is 6.26 Å². The van der Waals surface area contributed by atoms with Crippen LogP contribution in [0, 0.1) is 11.3 Å². The molecule has 20 heavy (non-hydrogen) atoms. The normalized spacial score (nSPS) is 10.6. The highest BCUT2D eigenvalue weighted by atomic mass is 32.2. The Labute approximate surface area is 117 Å². The van der Waals surface area contributed by atoms with Crippen LogP contribution in [0.3, 0.4) is 0 Å². The van der Waals surface area contributed by atoms with Gasteiger partial charge in [0.05, 0.1) is 5.69 Å². The predicted molar refractivity (Wildman–Crippen MR) is 71.7 cm³/mol. The van der Waals surface area contributed by atoms with Crippen LogP contribution in [0.5, 0.6) is 0 Å². The highest BCUT2D eigenvalue weighted by Gasteiger charge is 2.14. The standard InChI is InChI=1S/C13H9F2N3OS/c1-20-13-17-10(9(6-16)12(19)18-13)7-2-4-8(5-3-7)11(14)15/h2-5,11H,1H3,(H,17,18,19). The Kier molecular flexibility index (Phi) is 4.15. The molecule has 1 aromatic carbocycles. The van der Waals surface area contributed by atoms with Crippen molar-refractivity contribution in [2.24, 2.45) is 0 Å². The van der Waals surface area contributed by atoms with E-state index in [1.165, 1.54) is 36.0 Å². The van der Waals surface area contributed by atoms with Crippen LogP contribution in [-0.4, -0.2) is 16.2 Å². The van der Waals surface area contributed by atoms with Gasteiger partial charge in [0, 0.05) is 11.1 Å². The number of halogens is 2. The van der Waals surface area contributed by atoms with Crippen molar-refractivity contribution in [3.8, 4) is 17.3 Å². The molecule has 7 heteroatoms. The van der Waals surface area contributed by atoms with Crippen molar-refractivity contribution >= 4 is 11.8 Å². The summed E-state index contributed by atoms with van der Waals surface area (Å²) in [6.45, 7) is 0. The second kappa shape index (κ2) is 5.84. The van der Waals surface area contributed by atoms with E-state index >= 15 is 0 Å². The van der Waals surface area contributed by atoms with Crippen LogP contribution in [0.4, 0.5) is 8.78 Å². The first-order chi connectivity index (χ1) is 9.56. The molecule has 0 amide bonds. The third-order valence-electron chi connectivity index (χ3n) is 2.64. The number of hydrogen-bond acceptors (Lipinski definition) is 4. The molecule has 0 aliphatic heterocycles. The van der Waals surface area contributed by atoms with Crippen molar-refractivity contribution in [1.29, 1.82) is 5.26 Å². The third-order valence-corrected chi connectivity index (χ3v) is 3.22. The van der Waals surface area contributed by atoms with Crippen LogP contribution in [0.2, 0.25) is 0 Å². The lowest BCUT2D eigenvalue weighted by Crippen LogP contribution is -2.14. The molecule has 0 aliphatic carbocycles. The monoisotopic (exact) mass is 293 g/mol. The van der Waals surface area contributed by atoms with Crippen LogP contribution in [-0.2, 0) is 0 Å². The minimum atomic E-state index is -2.56. The summed E-state index contributed by atoms with van der Waals surface area (Å²) in [6.07, 6.45) is -0.832. The van der Waals surface area contributed by atoms with Gasteiger partial charge < -0.3 is 4.98 Å². The Morgan fingerprint density at radius 2 is 2.00 bits per heavy atom. The summed E-state index contributed by atoms with van der Waals surface area (Å²) in [5.41, 5.74) is -0.150. The van der Waals surface area contributed by atoms with Crippen molar-refractivity contribution < 1.29 is 8.78 Å². The van der Waals surface area contributed by atoms with Crippen molar-refractivity contribution in [1.82, 2.24) is 9.97 Å². The molecular formula is C13H9F2N3OS. The van der Waals surface area contributed by atoms with Gasteiger partial charge in [0.15, 0.2) is 5.16 Å². The fourth-order valence-electron chi connectivity index (χ4n) is 1.65. The lowest BCUT2D eigenvalue weighted by molar-refractivity contribution is 0.151. The van der Waals surface area contributed by atoms with Crippen molar-refractivity contribution in [3.05, 3.63) is 45.7 Å². The zero-order chi connectivity index (χ0) is 14.7. The molecule has 1 heterocycles. The summed E-state index contributed by atoms with van der Waals surface area (Å²) in [7, 11) is 0. The maximum atomic E-state index is 12.5. The van der Waals surface area contributed by atoms with Gasteiger partial charge in [-0.1, -0.05) is 36.0 Å². The van der Waals surface area contributed by atoms with Gasteiger partial charge in [-0.05, 0) is 6.26 Å². The second-order valence-electron chi connectivity index (χ2n) is 3.83. The molecule has 0 saturated carbocycles. The second-order valence-corrected chi connectivity index (χ2v) is 4.63. The molecule has 2 aromatic rings. The molecule has 0 fully saturated rings. The molecular weight excluding hydrogens is 284 g/mol. The first-order valence-electron chi connectivity index (χ1n) is 5.53. The average Bonchev–Trinajstić information content (AvgIpc) is 2.46. The number of nitriles is 1. The van der Waals surface area contributed by atoms with Crippen LogP contribution in [0.1, 0.15) is 17.6 Å². The maximum Gasteiger partial charge on any atom is 0.270 e. The average molecular weight is 293 g/mol. The Balaban J connectivity index is 2.59. The van der Waals surface area contributed by atoms with E-state index < -0.39 is 12.0 Å². The number of hydrogen-bond donors (Lipinski definition) is 1. The van der Waals surface area contributed by atoms with Gasteiger partial charge in [0.25, 0.3) is 12.0 Å². The lowest BCUT2D eigenvalue weighted by Gasteiger charge is -2.06. The number of thioether (sulfide) groups is 1. The van der Waals surface area contributed by atoms with E-state index in [1.807, 2.05) is 0 Å². The van der Waals surface area contributed by atoms with Crippen LogP contribution in [0.25, 0.3) is 11.3 Å². The van der Waals surface area contributed by atoms with Crippen molar-refractivity contribution in [2.45, 2.75) is 11.6 Å². The summed E-state index contributed by atoms with van der Waals surface area (Å²) in [5.74, 6) is 0. The third kappa shape index (κ3) is 2.70. The van der Waals surface area contributed by atoms with E-state index in [0.717, 1.165) is 0 Å². The number of benzene rings is 1. The predicted octanol–water partition coefficient (Wildman–Crippen LogP) is 2.97. The number of H-pyrrole nitrogens is 1. The van der Waals surface area contributed by atoms with E-state index in [1.54, 1.807) is 12.3 Å². The van der Waals surface area contributed by atoms with E-state index in [2.05, 4.69) is 9.97 Å². The Morgan fingerprint density at radius 1 is 1.35 bits per heavy atom. The van der Waals surface area contributed by atoms with Crippen LogP contribution < -0.4 is 5.56 Å². The molecule has 0 atom stereocenters. The van der Waals surface area contributed by atoms with Gasteiger partial charge in [-0.2, -0.15) is 5.26 Å². The molecule has 1 aromatic heterocycles. The van der Waals surface area contributed by atoms with Crippen molar-refractivity contribution in [3.63, 3.8) is 0 Å².